The van der Waals surface area contributed by atoms with Crippen LogP contribution in [0.1, 0.15) is 32.6 Å². The molecule has 2 saturated carbocycles. The molecule has 6 heteroatoms. The van der Waals surface area contributed by atoms with Gasteiger partial charge in [-0.15, -0.1) is 0 Å². The predicted octanol–water partition coefficient (Wildman–Crippen LogP) is 2.08. The summed E-state index contributed by atoms with van der Waals surface area (Å²) in [5.74, 6) is 7.31. The summed E-state index contributed by atoms with van der Waals surface area (Å²) >= 11 is 0. The molecular weight excluding hydrogens is 286 g/mol. The molecule has 1 aromatic carbocycles. The van der Waals surface area contributed by atoms with Crippen molar-refractivity contribution in [1.82, 2.24) is 4.72 Å². The van der Waals surface area contributed by atoms with Crippen LogP contribution in [0.4, 0.5) is 5.69 Å². The summed E-state index contributed by atoms with van der Waals surface area (Å²) in [6, 6.07) is 6.47. The van der Waals surface area contributed by atoms with Crippen molar-refractivity contribution in [3.8, 4) is 0 Å². The minimum atomic E-state index is -3.46. The van der Waals surface area contributed by atoms with E-state index in [2.05, 4.69) is 10.1 Å². The van der Waals surface area contributed by atoms with Crippen LogP contribution >= 0.6 is 0 Å². The number of sulfonamides is 1. The third kappa shape index (κ3) is 2.93. The zero-order chi connectivity index (χ0) is 15.0. The van der Waals surface area contributed by atoms with Gasteiger partial charge in [0.25, 0.3) is 0 Å². The monoisotopic (exact) mass is 309 g/mol. The van der Waals surface area contributed by atoms with Crippen molar-refractivity contribution in [1.29, 1.82) is 0 Å². The highest BCUT2D eigenvalue weighted by Crippen LogP contribution is 2.49. The Morgan fingerprint density at radius 2 is 1.90 bits per heavy atom. The summed E-state index contributed by atoms with van der Waals surface area (Å²) in [6.45, 7) is 2.00. The van der Waals surface area contributed by atoms with Gasteiger partial charge in [0.05, 0.1) is 4.90 Å². The second-order valence-corrected chi connectivity index (χ2v) is 8.13. The van der Waals surface area contributed by atoms with Crippen molar-refractivity contribution in [3.05, 3.63) is 24.3 Å². The largest absolute Gasteiger partial charge is 0.324 e. The van der Waals surface area contributed by atoms with E-state index in [-0.39, 0.29) is 10.9 Å². The molecule has 0 heterocycles. The Morgan fingerprint density at radius 1 is 1.19 bits per heavy atom. The Hall–Kier alpha value is -1.11. The lowest BCUT2D eigenvalue weighted by atomic mass is 9.84. The smallest absolute Gasteiger partial charge is 0.240 e. The van der Waals surface area contributed by atoms with Crippen molar-refractivity contribution >= 4 is 15.7 Å². The van der Waals surface area contributed by atoms with Gasteiger partial charge in [0, 0.05) is 11.7 Å². The number of nitrogens with two attached hydrogens (primary N) is 1. The molecule has 0 radical (unpaired) electrons. The summed E-state index contributed by atoms with van der Waals surface area (Å²) < 4.78 is 27.7. The van der Waals surface area contributed by atoms with Gasteiger partial charge in [-0.2, -0.15) is 0 Å². The highest BCUT2D eigenvalue weighted by molar-refractivity contribution is 7.89. The molecule has 2 fully saturated rings. The van der Waals surface area contributed by atoms with Crippen LogP contribution in [0.2, 0.25) is 0 Å². The summed E-state index contributed by atoms with van der Waals surface area (Å²) in [4.78, 5) is 0.288. The molecule has 2 bridgehead atoms. The SMILES string of the molecule is CC(NS(=O)(=O)c1ccc(NN)cc1)C1CC2CCC1C2. The lowest BCUT2D eigenvalue weighted by Gasteiger charge is -2.28. The van der Waals surface area contributed by atoms with Gasteiger partial charge in [0.2, 0.25) is 10.0 Å². The molecule has 116 valence electrons. The lowest BCUT2D eigenvalue weighted by molar-refractivity contribution is 0.280. The van der Waals surface area contributed by atoms with Gasteiger partial charge in [0.15, 0.2) is 0 Å². The van der Waals surface area contributed by atoms with Gasteiger partial charge in [-0.1, -0.05) is 6.42 Å². The van der Waals surface area contributed by atoms with E-state index in [1.54, 1.807) is 24.3 Å². The first-order valence-electron chi connectivity index (χ1n) is 7.58. The third-order valence-electron chi connectivity index (χ3n) is 5.11. The Bertz CT molecular complexity index is 600. The Morgan fingerprint density at radius 3 is 2.43 bits per heavy atom. The van der Waals surface area contributed by atoms with Crippen LogP contribution in [0.25, 0.3) is 0 Å². The minimum Gasteiger partial charge on any atom is -0.324 e. The first-order valence-corrected chi connectivity index (χ1v) is 9.07. The van der Waals surface area contributed by atoms with E-state index < -0.39 is 10.0 Å². The molecule has 2 aliphatic carbocycles. The minimum absolute atomic E-state index is 0.00221. The van der Waals surface area contributed by atoms with E-state index >= 15 is 0 Å². The number of fused-ring (bicyclic) bond motifs is 2. The van der Waals surface area contributed by atoms with E-state index in [0.717, 1.165) is 5.92 Å². The molecule has 0 saturated heterocycles. The van der Waals surface area contributed by atoms with Crippen LogP contribution in [-0.2, 0) is 10.0 Å². The molecule has 4 atom stereocenters. The average Bonchev–Trinajstić information content (AvgIpc) is 3.09. The molecule has 5 nitrogen and oxygen atoms in total. The van der Waals surface area contributed by atoms with Crippen LogP contribution in [0.5, 0.6) is 0 Å². The van der Waals surface area contributed by atoms with Gasteiger partial charge in [-0.3, -0.25) is 5.84 Å². The van der Waals surface area contributed by atoms with Gasteiger partial charge >= 0.3 is 0 Å². The lowest BCUT2D eigenvalue weighted by Crippen LogP contribution is -2.40. The first-order chi connectivity index (χ1) is 9.99. The van der Waals surface area contributed by atoms with Gasteiger partial charge in [-0.05, 0) is 68.2 Å². The summed E-state index contributed by atoms with van der Waals surface area (Å²) in [5.41, 5.74) is 3.18. The zero-order valence-electron chi connectivity index (χ0n) is 12.2. The summed E-state index contributed by atoms with van der Waals surface area (Å²) in [6.07, 6.45) is 5.05. The van der Waals surface area contributed by atoms with E-state index in [0.29, 0.717) is 17.5 Å². The van der Waals surface area contributed by atoms with Crippen LogP contribution in [0, 0.1) is 17.8 Å². The molecule has 21 heavy (non-hydrogen) atoms. The predicted molar refractivity (Wildman–Crippen MR) is 83.0 cm³/mol. The Balaban J connectivity index is 1.70. The second kappa shape index (κ2) is 5.59. The molecule has 0 amide bonds. The van der Waals surface area contributed by atoms with E-state index in [4.69, 9.17) is 5.84 Å². The molecule has 2 aliphatic rings. The number of anilines is 1. The number of rotatable bonds is 5. The second-order valence-electron chi connectivity index (χ2n) is 6.42. The molecule has 1 aromatic rings. The maximum atomic E-state index is 12.4. The number of hydrogen-bond acceptors (Lipinski definition) is 4. The highest BCUT2D eigenvalue weighted by Gasteiger charge is 2.42. The highest BCUT2D eigenvalue weighted by atomic mass is 32.2. The molecule has 3 rings (SSSR count). The Labute approximate surface area is 126 Å². The molecule has 4 unspecified atom stereocenters. The topological polar surface area (TPSA) is 84.2 Å². The number of benzene rings is 1. The average molecular weight is 309 g/mol. The quantitative estimate of drug-likeness (QED) is 0.574. The van der Waals surface area contributed by atoms with Gasteiger partial charge < -0.3 is 5.43 Å². The Kier molecular flexibility index (Phi) is 3.94. The van der Waals surface area contributed by atoms with Crippen molar-refractivity contribution in [2.75, 3.05) is 5.43 Å². The molecule has 0 aliphatic heterocycles. The maximum absolute atomic E-state index is 12.4. The van der Waals surface area contributed by atoms with E-state index in [1.165, 1.54) is 25.7 Å². The molecule has 4 N–H and O–H groups in total. The van der Waals surface area contributed by atoms with Crippen LogP contribution in [0.15, 0.2) is 29.2 Å². The molecular formula is C15H23N3O2S. The number of nitrogen functional groups attached to an aromatic ring is 1. The van der Waals surface area contributed by atoms with Crippen molar-refractivity contribution in [2.45, 2.75) is 43.5 Å². The standard InChI is InChI=1S/C15H23N3O2S/c1-10(15-9-11-2-3-12(15)8-11)18-21(19,20)14-6-4-13(17-16)5-7-14/h4-7,10-12,15,17-18H,2-3,8-9,16H2,1H3. The fourth-order valence-corrected chi connectivity index (χ4v) is 5.33. The maximum Gasteiger partial charge on any atom is 0.240 e. The molecule has 0 spiro atoms. The van der Waals surface area contributed by atoms with Crippen molar-refractivity contribution in [3.63, 3.8) is 0 Å². The van der Waals surface area contributed by atoms with Crippen molar-refractivity contribution < 1.29 is 8.42 Å². The number of hydrazine groups is 1. The normalized spacial score (nSPS) is 29.5. The zero-order valence-corrected chi connectivity index (χ0v) is 13.1. The molecule has 0 aromatic heterocycles. The van der Waals surface area contributed by atoms with Gasteiger partial charge in [0.1, 0.15) is 0 Å². The summed E-state index contributed by atoms with van der Waals surface area (Å²) in [5, 5.41) is 0. The third-order valence-corrected chi connectivity index (χ3v) is 6.68. The van der Waals surface area contributed by atoms with E-state index in [9.17, 15) is 8.42 Å². The first kappa shape index (κ1) is 14.8. The van der Waals surface area contributed by atoms with Crippen LogP contribution in [-0.4, -0.2) is 14.5 Å². The van der Waals surface area contributed by atoms with Gasteiger partial charge in [-0.25, -0.2) is 13.1 Å². The van der Waals surface area contributed by atoms with Crippen molar-refractivity contribution in [2.24, 2.45) is 23.6 Å². The van der Waals surface area contributed by atoms with Crippen LogP contribution < -0.4 is 16.0 Å². The summed E-state index contributed by atoms with van der Waals surface area (Å²) in [7, 11) is -3.46. The number of hydrogen-bond donors (Lipinski definition) is 3. The van der Waals surface area contributed by atoms with Crippen LogP contribution in [0.3, 0.4) is 0 Å². The fraction of sp³-hybridized carbons (Fsp3) is 0.600. The number of nitrogens with one attached hydrogen (secondary N) is 2. The fourth-order valence-electron chi connectivity index (χ4n) is 4.04. The van der Waals surface area contributed by atoms with E-state index in [1.807, 2.05) is 6.92 Å².